The fourth-order valence-electron chi connectivity index (χ4n) is 5.29. The monoisotopic (exact) mass is 498 g/mol. The zero-order valence-electron chi connectivity index (χ0n) is 19.8. The van der Waals surface area contributed by atoms with Gasteiger partial charge in [0.2, 0.25) is 0 Å². The largest absolute Gasteiger partial charge is 0.490 e. The average molecular weight is 499 g/mol. The Morgan fingerprint density at radius 1 is 0.889 bits per heavy atom. The van der Waals surface area contributed by atoms with Gasteiger partial charge in [-0.3, -0.25) is 4.98 Å². The van der Waals surface area contributed by atoms with Gasteiger partial charge in [0.05, 0.1) is 17.8 Å². The van der Waals surface area contributed by atoms with Crippen molar-refractivity contribution in [3.05, 3.63) is 108 Å². The maximum Gasteiger partial charge on any atom is 0.174 e. The number of pyridine rings is 1. The van der Waals surface area contributed by atoms with E-state index in [1.165, 1.54) is 25.0 Å². The van der Waals surface area contributed by atoms with Gasteiger partial charge >= 0.3 is 0 Å². The number of aromatic nitrogens is 2. The van der Waals surface area contributed by atoms with Crippen molar-refractivity contribution in [1.82, 2.24) is 14.9 Å². The van der Waals surface area contributed by atoms with Crippen LogP contribution < -0.4 is 15.0 Å². The van der Waals surface area contributed by atoms with Crippen LogP contribution in [0.4, 0.5) is 10.1 Å². The molecule has 7 heteroatoms. The van der Waals surface area contributed by atoms with Gasteiger partial charge in [-0.25, -0.2) is 4.39 Å². The van der Waals surface area contributed by atoms with Crippen LogP contribution in [-0.4, -0.2) is 20.8 Å². The fraction of sp³-hybridized carbons (Fsp3) is 0.241. The third-order valence-electron chi connectivity index (χ3n) is 7.01. The van der Waals surface area contributed by atoms with Crippen molar-refractivity contribution in [2.45, 2.75) is 43.9 Å². The summed E-state index contributed by atoms with van der Waals surface area (Å²) in [5.41, 5.74) is 3.78. The van der Waals surface area contributed by atoms with Crippen LogP contribution in [0.5, 0.6) is 5.75 Å². The molecule has 182 valence electrons. The number of hydrogen-bond acceptors (Lipinski definition) is 3. The van der Waals surface area contributed by atoms with Crippen molar-refractivity contribution in [3.63, 3.8) is 0 Å². The quantitative estimate of drug-likeness (QED) is 0.307. The highest BCUT2D eigenvalue weighted by atomic mass is 32.1. The number of nitrogens with one attached hydrogen (secondary N) is 1. The Kier molecular flexibility index (Phi) is 6.15. The predicted molar refractivity (Wildman–Crippen MR) is 143 cm³/mol. The summed E-state index contributed by atoms with van der Waals surface area (Å²) >= 11 is 5.87. The van der Waals surface area contributed by atoms with Crippen molar-refractivity contribution < 1.29 is 9.13 Å². The smallest absolute Gasteiger partial charge is 0.174 e. The number of ether oxygens (including phenoxy) is 1. The number of nitrogens with zero attached hydrogens (tertiary/aromatic N) is 3. The van der Waals surface area contributed by atoms with Crippen LogP contribution in [-0.2, 0) is 0 Å². The van der Waals surface area contributed by atoms with Gasteiger partial charge in [-0.05, 0) is 111 Å². The van der Waals surface area contributed by atoms with E-state index >= 15 is 0 Å². The van der Waals surface area contributed by atoms with Gasteiger partial charge in [0, 0.05) is 29.5 Å². The number of benzene rings is 2. The summed E-state index contributed by atoms with van der Waals surface area (Å²) in [7, 11) is 0. The van der Waals surface area contributed by atoms with Crippen LogP contribution >= 0.6 is 12.2 Å². The zero-order chi connectivity index (χ0) is 24.5. The number of thiocarbonyl (C=S) groups is 1. The summed E-state index contributed by atoms with van der Waals surface area (Å²) < 4.78 is 21.9. The van der Waals surface area contributed by atoms with Gasteiger partial charge in [-0.15, -0.1) is 0 Å². The lowest BCUT2D eigenvalue weighted by molar-refractivity contribution is 0.210. The first-order chi connectivity index (χ1) is 17.7. The summed E-state index contributed by atoms with van der Waals surface area (Å²) in [5.74, 6) is 0.625. The van der Waals surface area contributed by atoms with Crippen molar-refractivity contribution in [1.29, 1.82) is 0 Å². The second-order valence-electron chi connectivity index (χ2n) is 9.29. The molecule has 0 radical (unpaired) electrons. The van der Waals surface area contributed by atoms with Crippen molar-refractivity contribution in [2.24, 2.45) is 0 Å². The second-order valence-corrected chi connectivity index (χ2v) is 9.68. The molecule has 4 aromatic rings. The van der Waals surface area contributed by atoms with E-state index in [4.69, 9.17) is 17.0 Å². The van der Waals surface area contributed by atoms with Gasteiger partial charge in [-0.2, -0.15) is 0 Å². The molecule has 36 heavy (non-hydrogen) atoms. The first-order valence-corrected chi connectivity index (χ1v) is 12.8. The minimum atomic E-state index is -0.260. The topological polar surface area (TPSA) is 42.3 Å². The van der Waals surface area contributed by atoms with Crippen molar-refractivity contribution >= 4 is 23.0 Å². The predicted octanol–water partition coefficient (Wildman–Crippen LogP) is 6.51. The van der Waals surface area contributed by atoms with Crippen LogP contribution in [0.1, 0.15) is 49.2 Å². The molecule has 1 saturated heterocycles. The Morgan fingerprint density at radius 2 is 1.64 bits per heavy atom. The van der Waals surface area contributed by atoms with E-state index in [-0.39, 0.29) is 17.9 Å². The number of hydrogen-bond donors (Lipinski definition) is 1. The molecule has 5 nitrogen and oxygen atoms in total. The molecule has 3 heterocycles. The zero-order valence-corrected chi connectivity index (χ0v) is 20.6. The van der Waals surface area contributed by atoms with E-state index in [1.54, 1.807) is 18.3 Å². The normalized spacial score (nSPS) is 20.0. The maximum atomic E-state index is 13.6. The van der Waals surface area contributed by atoms with E-state index in [0.717, 1.165) is 41.4 Å². The number of rotatable bonds is 6. The van der Waals surface area contributed by atoms with E-state index in [0.29, 0.717) is 11.2 Å². The molecule has 1 saturated carbocycles. The Hall–Kier alpha value is -3.71. The molecule has 2 fully saturated rings. The summed E-state index contributed by atoms with van der Waals surface area (Å²) in [4.78, 5) is 6.78. The molecule has 6 rings (SSSR count). The maximum absolute atomic E-state index is 13.6. The third-order valence-corrected chi connectivity index (χ3v) is 7.32. The first kappa shape index (κ1) is 22.7. The number of anilines is 1. The fourth-order valence-corrected chi connectivity index (χ4v) is 5.64. The van der Waals surface area contributed by atoms with Gasteiger partial charge in [0.1, 0.15) is 17.6 Å². The molecule has 2 aliphatic rings. The molecule has 2 aromatic heterocycles. The minimum absolute atomic E-state index is 0.165. The molecule has 2 aromatic carbocycles. The van der Waals surface area contributed by atoms with Gasteiger partial charge in [-0.1, -0.05) is 6.07 Å². The Labute approximate surface area is 215 Å². The Balaban J connectivity index is 1.39. The third kappa shape index (κ3) is 4.35. The lowest BCUT2D eigenvalue weighted by Gasteiger charge is -2.29. The molecule has 0 unspecified atom stereocenters. The van der Waals surface area contributed by atoms with Crippen LogP contribution in [0.3, 0.4) is 0 Å². The summed E-state index contributed by atoms with van der Waals surface area (Å²) in [6.45, 7) is 0. The lowest BCUT2D eigenvalue weighted by Crippen LogP contribution is -2.30. The average Bonchev–Trinajstić information content (AvgIpc) is 3.66. The number of halogens is 1. The molecule has 2 atom stereocenters. The van der Waals surface area contributed by atoms with Crippen molar-refractivity contribution in [2.75, 3.05) is 4.90 Å². The summed E-state index contributed by atoms with van der Waals surface area (Å²) in [6.07, 6.45) is 8.82. The summed E-state index contributed by atoms with van der Waals surface area (Å²) in [6, 6.07) is 24.4. The molecule has 0 bridgehead atoms. The Bertz CT molecular complexity index is 1330. The molecule has 1 N–H and O–H groups in total. The van der Waals surface area contributed by atoms with Gasteiger partial charge < -0.3 is 19.5 Å². The minimum Gasteiger partial charge on any atom is -0.490 e. The van der Waals surface area contributed by atoms with Gasteiger partial charge in [0.25, 0.3) is 0 Å². The van der Waals surface area contributed by atoms with E-state index in [2.05, 4.69) is 38.0 Å². The molecule has 1 aliphatic carbocycles. The SMILES string of the molecule is Fc1ccc(-n2cccc2[C@@H]2[C@H](c3ccccn3)NC(=S)N2c2ccc(OC3CCCC3)cc2)cc1. The standard InChI is InChI=1S/C29H27FN4OS/c30-20-10-12-21(13-11-20)33-19-5-9-26(33)28-27(25-8-3-4-18-31-25)32-29(36)34(28)22-14-16-24(17-15-22)35-23-6-1-2-7-23/h3-5,8-19,23,27-28H,1-2,6-7H2,(H,32,36)/t27-,28+/m0/s1. The summed E-state index contributed by atoms with van der Waals surface area (Å²) in [5, 5.41) is 4.14. The highest BCUT2D eigenvalue weighted by Gasteiger charge is 2.42. The van der Waals surface area contributed by atoms with Crippen LogP contribution in [0.15, 0.2) is 91.3 Å². The molecular weight excluding hydrogens is 471 g/mol. The first-order valence-electron chi connectivity index (χ1n) is 12.4. The highest BCUT2D eigenvalue weighted by molar-refractivity contribution is 7.80. The molecular formula is C29H27FN4OS. The molecule has 0 amide bonds. The van der Waals surface area contributed by atoms with E-state index < -0.39 is 0 Å². The molecule has 0 spiro atoms. The van der Waals surface area contributed by atoms with Gasteiger partial charge in [0.15, 0.2) is 5.11 Å². The van der Waals surface area contributed by atoms with Crippen LogP contribution in [0.2, 0.25) is 0 Å². The van der Waals surface area contributed by atoms with E-state index in [9.17, 15) is 4.39 Å². The second kappa shape index (κ2) is 9.74. The van der Waals surface area contributed by atoms with Crippen molar-refractivity contribution in [3.8, 4) is 11.4 Å². The molecule has 1 aliphatic heterocycles. The Morgan fingerprint density at radius 3 is 2.36 bits per heavy atom. The highest BCUT2D eigenvalue weighted by Crippen LogP contribution is 2.42. The van der Waals surface area contributed by atoms with Crippen LogP contribution in [0.25, 0.3) is 5.69 Å². The van der Waals surface area contributed by atoms with Crippen LogP contribution in [0, 0.1) is 5.82 Å². The van der Waals surface area contributed by atoms with E-state index in [1.807, 2.05) is 42.6 Å². The lowest BCUT2D eigenvalue weighted by atomic mass is 10.0.